The Morgan fingerprint density at radius 3 is 2.67 bits per heavy atom. The maximum absolute atomic E-state index is 11.4. The highest BCUT2D eigenvalue weighted by atomic mass is 79.9. The van der Waals surface area contributed by atoms with Crippen LogP contribution in [0.3, 0.4) is 0 Å². The minimum Gasteiger partial charge on any atom is -0.484 e. The van der Waals surface area contributed by atoms with Crippen LogP contribution in [-0.2, 0) is 4.79 Å². The van der Waals surface area contributed by atoms with Gasteiger partial charge in [-0.2, -0.15) is 0 Å². The Balaban J connectivity index is 2.96. The second-order valence-corrected chi connectivity index (χ2v) is 6.01. The van der Waals surface area contributed by atoms with E-state index in [9.17, 15) is 20.0 Å². The number of hydrogen-bond donors (Lipinski definition) is 2. The average Bonchev–Trinajstić information content (AvgIpc) is 2.36. The molecule has 1 aromatic rings. The first-order chi connectivity index (χ1) is 9.65. The van der Waals surface area contributed by atoms with Crippen molar-refractivity contribution in [1.82, 2.24) is 5.32 Å². The summed E-state index contributed by atoms with van der Waals surface area (Å²) in [5, 5.41) is 23.2. The second kappa shape index (κ2) is 6.86. The molecule has 0 aliphatic heterocycles. The Labute approximate surface area is 130 Å². The predicted octanol–water partition coefficient (Wildman–Crippen LogP) is 2.58. The van der Waals surface area contributed by atoms with E-state index < -0.39 is 16.4 Å². The van der Waals surface area contributed by atoms with Gasteiger partial charge in [0.25, 0.3) is 0 Å². The molecule has 7 nitrogen and oxygen atoms in total. The molecule has 0 aliphatic carbocycles. The largest absolute Gasteiger partial charge is 0.484 e. The number of carboxylic acids is 1. The summed E-state index contributed by atoms with van der Waals surface area (Å²) in [5.74, 6) is -1.06. The van der Waals surface area contributed by atoms with Gasteiger partial charge < -0.3 is 9.84 Å². The van der Waals surface area contributed by atoms with E-state index in [0.717, 1.165) is 0 Å². The normalized spacial score (nSPS) is 13.8. The van der Waals surface area contributed by atoms with Gasteiger partial charge in [0.1, 0.15) is 12.1 Å². The van der Waals surface area contributed by atoms with E-state index in [1.807, 2.05) is 13.8 Å². The number of nitrogens with zero attached hydrogens (tertiary/aromatic N) is 1. The third kappa shape index (κ3) is 4.68. The van der Waals surface area contributed by atoms with Crippen LogP contribution >= 0.6 is 15.9 Å². The van der Waals surface area contributed by atoms with Gasteiger partial charge >= 0.3 is 11.7 Å². The van der Waals surface area contributed by atoms with E-state index in [4.69, 9.17) is 4.74 Å². The number of carbonyl (C=O) groups is 1. The van der Waals surface area contributed by atoms with Crippen LogP contribution in [0.5, 0.6) is 5.75 Å². The molecular weight excluding hydrogens is 344 g/mol. The molecule has 0 aliphatic rings. The number of ether oxygens (including phenoxy) is 1. The predicted molar refractivity (Wildman–Crippen MR) is 80.6 cm³/mol. The number of nitrogens with one attached hydrogen (secondary N) is 1. The van der Waals surface area contributed by atoms with Crippen LogP contribution in [0.2, 0.25) is 0 Å². The van der Waals surface area contributed by atoms with Crippen molar-refractivity contribution in [3.8, 4) is 5.75 Å². The van der Waals surface area contributed by atoms with E-state index in [0.29, 0.717) is 4.47 Å². The number of halogens is 1. The van der Waals surface area contributed by atoms with Gasteiger partial charge in [0.05, 0.1) is 4.92 Å². The van der Waals surface area contributed by atoms with Crippen molar-refractivity contribution in [2.45, 2.75) is 32.4 Å². The highest BCUT2D eigenvalue weighted by Crippen LogP contribution is 2.30. The van der Waals surface area contributed by atoms with Gasteiger partial charge in [0, 0.05) is 16.6 Å². The number of rotatable bonds is 7. The topological polar surface area (TPSA) is 102 Å². The Bertz CT molecular complexity index is 549. The van der Waals surface area contributed by atoms with E-state index in [2.05, 4.69) is 21.2 Å². The third-order valence-corrected chi connectivity index (χ3v) is 3.21. The number of nitro benzene ring substituents is 1. The van der Waals surface area contributed by atoms with E-state index in [1.165, 1.54) is 19.1 Å². The molecule has 0 fully saturated rings. The van der Waals surface area contributed by atoms with Gasteiger partial charge in [-0.1, -0.05) is 15.9 Å². The van der Waals surface area contributed by atoms with E-state index in [-0.39, 0.29) is 24.1 Å². The first-order valence-corrected chi connectivity index (χ1v) is 7.03. The quantitative estimate of drug-likeness (QED) is 0.572. The summed E-state index contributed by atoms with van der Waals surface area (Å²) in [6.45, 7) is 4.86. The second-order valence-electron chi connectivity index (χ2n) is 5.09. The molecule has 1 unspecified atom stereocenters. The molecule has 2 N–H and O–H groups in total. The maximum Gasteiger partial charge on any atom is 0.327 e. The fourth-order valence-corrected chi connectivity index (χ4v) is 2.13. The monoisotopic (exact) mass is 360 g/mol. The van der Waals surface area contributed by atoms with Crippen molar-refractivity contribution in [3.05, 3.63) is 32.8 Å². The van der Waals surface area contributed by atoms with E-state index >= 15 is 0 Å². The lowest BCUT2D eigenvalue weighted by molar-refractivity contribution is -0.386. The molecule has 1 rings (SSSR count). The molecule has 116 valence electrons. The Morgan fingerprint density at radius 2 is 2.19 bits per heavy atom. The third-order valence-electron chi connectivity index (χ3n) is 2.71. The van der Waals surface area contributed by atoms with Crippen molar-refractivity contribution in [3.63, 3.8) is 0 Å². The molecule has 0 heterocycles. The Morgan fingerprint density at radius 1 is 1.57 bits per heavy atom. The molecular formula is C13H17BrN2O5. The first-order valence-electron chi connectivity index (χ1n) is 6.23. The standard InChI is InChI=1S/C13H17BrN2O5/c1-8(2)15-13(3,12(17)18)7-21-11-5-4-9(14)6-10(11)16(19)20/h4-6,8,15H,7H2,1-3H3,(H,17,18). The summed E-state index contributed by atoms with van der Waals surface area (Å²) in [6.07, 6.45) is 0. The van der Waals surface area contributed by atoms with Crippen LogP contribution in [0.15, 0.2) is 22.7 Å². The van der Waals surface area contributed by atoms with Gasteiger partial charge in [0.15, 0.2) is 5.75 Å². The maximum atomic E-state index is 11.4. The summed E-state index contributed by atoms with van der Waals surface area (Å²) in [6, 6.07) is 4.26. The van der Waals surface area contributed by atoms with Crippen molar-refractivity contribution in [2.75, 3.05) is 6.61 Å². The van der Waals surface area contributed by atoms with Gasteiger partial charge in [-0.25, -0.2) is 0 Å². The fraction of sp³-hybridized carbons (Fsp3) is 0.462. The highest BCUT2D eigenvalue weighted by molar-refractivity contribution is 9.10. The number of benzene rings is 1. The first kappa shape index (κ1) is 17.4. The summed E-state index contributed by atoms with van der Waals surface area (Å²) in [7, 11) is 0. The molecule has 1 atom stereocenters. The summed E-state index contributed by atoms with van der Waals surface area (Å²) < 4.78 is 5.92. The smallest absolute Gasteiger partial charge is 0.327 e. The minimum atomic E-state index is -1.34. The van der Waals surface area contributed by atoms with Crippen LogP contribution in [0.4, 0.5) is 5.69 Å². The Hall–Kier alpha value is -1.67. The zero-order valence-corrected chi connectivity index (χ0v) is 13.5. The zero-order chi connectivity index (χ0) is 16.2. The minimum absolute atomic E-state index is 0.0289. The molecule has 0 amide bonds. The van der Waals surface area contributed by atoms with Crippen molar-refractivity contribution >= 4 is 27.6 Å². The molecule has 0 spiro atoms. The molecule has 0 bridgehead atoms. The summed E-state index contributed by atoms with van der Waals surface area (Å²) >= 11 is 3.14. The zero-order valence-electron chi connectivity index (χ0n) is 11.9. The molecule has 1 aromatic carbocycles. The van der Waals surface area contributed by atoms with Crippen molar-refractivity contribution in [2.24, 2.45) is 0 Å². The molecule has 8 heteroatoms. The number of nitro groups is 1. The van der Waals surface area contributed by atoms with Gasteiger partial charge in [0.2, 0.25) is 0 Å². The van der Waals surface area contributed by atoms with Crippen LogP contribution in [0.1, 0.15) is 20.8 Å². The van der Waals surface area contributed by atoms with Crippen LogP contribution in [0, 0.1) is 10.1 Å². The van der Waals surface area contributed by atoms with Crippen LogP contribution < -0.4 is 10.1 Å². The Kier molecular flexibility index (Phi) is 5.68. The molecule has 0 saturated carbocycles. The van der Waals surface area contributed by atoms with Crippen LogP contribution in [0.25, 0.3) is 0 Å². The number of carboxylic acid groups (broad SMARTS) is 1. The SMILES string of the molecule is CC(C)NC(C)(COc1ccc(Br)cc1[N+](=O)[O-])C(=O)O. The average molecular weight is 361 g/mol. The molecule has 0 aromatic heterocycles. The van der Waals surface area contributed by atoms with E-state index in [1.54, 1.807) is 6.07 Å². The van der Waals surface area contributed by atoms with Gasteiger partial charge in [-0.3, -0.25) is 20.2 Å². The lowest BCUT2D eigenvalue weighted by Gasteiger charge is -2.28. The number of hydrogen-bond acceptors (Lipinski definition) is 5. The van der Waals surface area contributed by atoms with Gasteiger partial charge in [-0.05, 0) is 32.9 Å². The fourth-order valence-electron chi connectivity index (χ4n) is 1.78. The van der Waals surface area contributed by atoms with Crippen molar-refractivity contribution < 1.29 is 19.6 Å². The van der Waals surface area contributed by atoms with Crippen molar-refractivity contribution in [1.29, 1.82) is 0 Å². The molecule has 21 heavy (non-hydrogen) atoms. The van der Waals surface area contributed by atoms with Crippen LogP contribution in [-0.4, -0.2) is 34.2 Å². The molecule has 0 radical (unpaired) electrons. The number of aliphatic carboxylic acids is 1. The summed E-state index contributed by atoms with van der Waals surface area (Å²) in [4.78, 5) is 21.8. The van der Waals surface area contributed by atoms with Gasteiger partial charge in [-0.15, -0.1) is 0 Å². The molecule has 0 saturated heterocycles. The highest BCUT2D eigenvalue weighted by Gasteiger charge is 2.35. The lowest BCUT2D eigenvalue weighted by Crippen LogP contribution is -2.56. The lowest BCUT2D eigenvalue weighted by atomic mass is 10.0. The summed E-state index contributed by atoms with van der Waals surface area (Å²) in [5.41, 5.74) is -1.56.